The third kappa shape index (κ3) is 5.38. The molecule has 1 aliphatic carbocycles. The molecule has 0 spiro atoms. The summed E-state index contributed by atoms with van der Waals surface area (Å²) in [6.45, 7) is 1.73. The fourth-order valence-corrected chi connectivity index (χ4v) is 3.54. The van der Waals surface area contributed by atoms with Crippen molar-refractivity contribution >= 4 is 45.8 Å². The van der Waals surface area contributed by atoms with Crippen LogP contribution in [0.15, 0.2) is 47.6 Å². The van der Waals surface area contributed by atoms with Gasteiger partial charge in [0, 0.05) is 20.5 Å². The van der Waals surface area contributed by atoms with Crippen LogP contribution in [0.5, 0.6) is 0 Å². The van der Waals surface area contributed by atoms with Crippen LogP contribution in [0.1, 0.15) is 47.7 Å². The summed E-state index contributed by atoms with van der Waals surface area (Å²) in [6, 6.07) is 13.3. The zero-order valence-corrected chi connectivity index (χ0v) is 17.4. The second kappa shape index (κ2) is 9.12. The molecule has 2 N–H and O–H groups in total. The molecule has 0 saturated carbocycles. The van der Waals surface area contributed by atoms with Crippen molar-refractivity contribution < 1.29 is 9.59 Å². The molecule has 0 saturated heterocycles. The van der Waals surface area contributed by atoms with Gasteiger partial charge in [0.1, 0.15) is 0 Å². The highest BCUT2D eigenvalue weighted by Crippen LogP contribution is 2.27. The lowest BCUT2D eigenvalue weighted by molar-refractivity contribution is -0.115. The van der Waals surface area contributed by atoms with Crippen molar-refractivity contribution in [2.45, 2.75) is 39.0 Å². The van der Waals surface area contributed by atoms with Crippen LogP contribution < -0.4 is 10.7 Å². The molecule has 0 bridgehead atoms. The van der Waals surface area contributed by atoms with Gasteiger partial charge in [-0.1, -0.05) is 12.1 Å². The van der Waals surface area contributed by atoms with Crippen molar-refractivity contribution in [3.8, 4) is 0 Å². The predicted molar refractivity (Wildman–Crippen MR) is 116 cm³/mol. The van der Waals surface area contributed by atoms with E-state index in [2.05, 4.69) is 44.5 Å². The van der Waals surface area contributed by atoms with Gasteiger partial charge >= 0.3 is 0 Å². The third-order valence-corrected chi connectivity index (χ3v) is 5.26. The lowest BCUT2D eigenvalue weighted by Crippen LogP contribution is -2.22. The van der Waals surface area contributed by atoms with Crippen molar-refractivity contribution in [3.63, 3.8) is 0 Å². The number of amides is 2. The van der Waals surface area contributed by atoms with E-state index in [9.17, 15) is 9.59 Å². The Balaban J connectivity index is 1.57. The summed E-state index contributed by atoms with van der Waals surface area (Å²) < 4.78 is 1.06. The molecule has 0 unspecified atom stereocenters. The quantitative estimate of drug-likeness (QED) is 0.385. The maximum absolute atomic E-state index is 12.4. The van der Waals surface area contributed by atoms with E-state index in [-0.39, 0.29) is 18.2 Å². The number of rotatable bonds is 5. The van der Waals surface area contributed by atoms with E-state index in [1.165, 1.54) is 17.5 Å². The smallest absolute Gasteiger partial charge is 0.271 e. The van der Waals surface area contributed by atoms with Crippen LogP contribution in [0, 0.1) is 3.57 Å². The summed E-state index contributed by atoms with van der Waals surface area (Å²) in [5.41, 5.74) is 7.06. The molecule has 0 fully saturated rings. The minimum atomic E-state index is -0.289. The molecule has 5 nitrogen and oxygen atoms in total. The average Bonchev–Trinajstić information content (AvgIpc) is 2.67. The number of hydrogen-bond donors (Lipinski definition) is 2. The Hall–Kier alpha value is -2.22. The number of anilines is 1. The minimum Gasteiger partial charge on any atom is -0.325 e. The number of carbonyl (C=O) groups is 2. The van der Waals surface area contributed by atoms with Crippen molar-refractivity contribution in [3.05, 3.63) is 62.7 Å². The maximum atomic E-state index is 12.4. The minimum absolute atomic E-state index is 0.126. The molecule has 2 aromatic carbocycles. The van der Waals surface area contributed by atoms with Gasteiger partial charge in [0.2, 0.25) is 5.91 Å². The van der Waals surface area contributed by atoms with E-state index in [1.807, 2.05) is 24.3 Å². The largest absolute Gasteiger partial charge is 0.325 e. The van der Waals surface area contributed by atoms with Crippen LogP contribution in [-0.2, 0) is 17.6 Å². The van der Waals surface area contributed by atoms with E-state index >= 15 is 0 Å². The lowest BCUT2D eigenvalue weighted by Gasteiger charge is -2.19. The molecule has 0 atom stereocenters. The van der Waals surface area contributed by atoms with E-state index in [1.54, 1.807) is 19.1 Å². The second-order valence-corrected chi connectivity index (χ2v) is 7.92. The topological polar surface area (TPSA) is 70.6 Å². The summed E-state index contributed by atoms with van der Waals surface area (Å²) >= 11 is 2.18. The Morgan fingerprint density at radius 3 is 2.59 bits per heavy atom. The molecule has 3 rings (SSSR count). The number of halogens is 1. The second-order valence-electron chi connectivity index (χ2n) is 6.67. The summed E-state index contributed by atoms with van der Waals surface area (Å²) in [4.78, 5) is 24.4. The molecule has 6 heteroatoms. The molecule has 0 aromatic heterocycles. The molecular formula is C21H22IN3O2. The summed E-state index contributed by atoms with van der Waals surface area (Å²) in [5, 5.41) is 7.04. The number of aryl methyl sites for hydroxylation is 1. The van der Waals surface area contributed by atoms with Crippen molar-refractivity contribution in [1.82, 2.24) is 5.43 Å². The van der Waals surface area contributed by atoms with Gasteiger partial charge in [-0.15, -0.1) is 0 Å². The Bertz CT molecular complexity index is 875. The van der Waals surface area contributed by atoms with Gasteiger partial charge in [-0.05, 0) is 96.7 Å². The van der Waals surface area contributed by atoms with Crippen LogP contribution >= 0.6 is 22.6 Å². The number of nitrogens with zero attached hydrogens (tertiary/aromatic N) is 1. The van der Waals surface area contributed by atoms with Crippen LogP contribution in [0.3, 0.4) is 0 Å². The Morgan fingerprint density at radius 2 is 1.81 bits per heavy atom. The standard InChI is InChI=1S/C21H22IN3O2/c1-14(24-25-21(27)16-9-11-17(22)12-10-16)13-20(26)23-19-8-4-6-15-5-2-3-7-18(15)19/h4,6,8-12H,2-3,5,7,13H2,1H3,(H,23,26)(H,25,27)/b24-14-. The first-order valence-electron chi connectivity index (χ1n) is 9.02. The number of hydrogen-bond acceptors (Lipinski definition) is 3. The van der Waals surface area contributed by atoms with Gasteiger partial charge in [0.25, 0.3) is 5.91 Å². The molecule has 140 valence electrons. The number of hydrazone groups is 1. The molecule has 2 aromatic rings. The zero-order valence-electron chi connectivity index (χ0n) is 15.2. The Morgan fingerprint density at radius 1 is 1.07 bits per heavy atom. The van der Waals surface area contributed by atoms with Gasteiger partial charge < -0.3 is 5.32 Å². The van der Waals surface area contributed by atoms with Crippen LogP contribution in [0.2, 0.25) is 0 Å². The van der Waals surface area contributed by atoms with Crippen molar-refractivity contribution in [2.75, 3.05) is 5.32 Å². The van der Waals surface area contributed by atoms with Gasteiger partial charge in [0.05, 0.1) is 6.42 Å². The van der Waals surface area contributed by atoms with Crippen LogP contribution in [-0.4, -0.2) is 17.5 Å². The average molecular weight is 475 g/mol. The van der Waals surface area contributed by atoms with Gasteiger partial charge in [-0.2, -0.15) is 5.10 Å². The number of carbonyl (C=O) groups excluding carboxylic acids is 2. The molecule has 0 heterocycles. The zero-order chi connectivity index (χ0) is 19.2. The summed E-state index contributed by atoms with van der Waals surface area (Å²) in [5.74, 6) is -0.415. The highest BCUT2D eigenvalue weighted by molar-refractivity contribution is 14.1. The lowest BCUT2D eigenvalue weighted by atomic mass is 9.90. The van der Waals surface area contributed by atoms with Gasteiger partial charge in [0.15, 0.2) is 0 Å². The van der Waals surface area contributed by atoms with Gasteiger partial charge in [-0.3, -0.25) is 9.59 Å². The number of fused-ring (bicyclic) bond motifs is 1. The van der Waals surface area contributed by atoms with Crippen molar-refractivity contribution in [2.24, 2.45) is 5.10 Å². The van der Waals surface area contributed by atoms with E-state index in [0.29, 0.717) is 11.3 Å². The first kappa shape index (κ1) is 19.5. The van der Waals surface area contributed by atoms with E-state index < -0.39 is 0 Å². The predicted octanol–water partition coefficient (Wildman–Crippen LogP) is 4.30. The molecule has 0 radical (unpaired) electrons. The normalized spacial score (nSPS) is 13.6. The highest BCUT2D eigenvalue weighted by Gasteiger charge is 2.15. The molecule has 2 amide bonds. The monoisotopic (exact) mass is 475 g/mol. The highest BCUT2D eigenvalue weighted by atomic mass is 127. The first-order chi connectivity index (χ1) is 13.0. The number of benzene rings is 2. The Labute approximate surface area is 172 Å². The molecular weight excluding hydrogens is 453 g/mol. The fourth-order valence-electron chi connectivity index (χ4n) is 3.18. The van der Waals surface area contributed by atoms with Gasteiger partial charge in [-0.25, -0.2) is 5.43 Å². The van der Waals surface area contributed by atoms with E-state index in [0.717, 1.165) is 28.5 Å². The Kier molecular flexibility index (Phi) is 6.60. The van der Waals surface area contributed by atoms with E-state index in [4.69, 9.17) is 0 Å². The van der Waals surface area contributed by atoms with Crippen LogP contribution in [0.25, 0.3) is 0 Å². The van der Waals surface area contributed by atoms with Crippen LogP contribution in [0.4, 0.5) is 5.69 Å². The third-order valence-electron chi connectivity index (χ3n) is 4.54. The summed E-state index contributed by atoms with van der Waals surface area (Å²) in [7, 11) is 0. The number of nitrogens with one attached hydrogen (secondary N) is 2. The van der Waals surface area contributed by atoms with Crippen molar-refractivity contribution in [1.29, 1.82) is 0 Å². The SMILES string of the molecule is C/C(CC(=O)Nc1cccc2c1CCCC2)=N/NC(=O)c1ccc(I)cc1. The molecule has 1 aliphatic rings. The first-order valence-corrected chi connectivity index (χ1v) is 10.1. The fraction of sp³-hybridized carbons (Fsp3) is 0.286. The molecule has 0 aliphatic heterocycles. The maximum Gasteiger partial charge on any atom is 0.271 e. The molecule has 27 heavy (non-hydrogen) atoms. The summed E-state index contributed by atoms with van der Waals surface area (Å²) in [6.07, 6.45) is 4.58.